The summed E-state index contributed by atoms with van der Waals surface area (Å²) >= 11 is 6.10. The number of hydrogen-bond acceptors (Lipinski definition) is 2. The van der Waals surface area contributed by atoms with Crippen molar-refractivity contribution in [2.75, 3.05) is 13.2 Å². The second-order valence-corrected chi connectivity index (χ2v) is 4.12. The van der Waals surface area contributed by atoms with Gasteiger partial charge in [0, 0.05) is 11.6 Å². The molecule has 0 amide bonds. The second kappa shape index (κ2) is 4.30. The maximum absolute atomic E-state index is 6.10. The zero-order valence-corrected chi connectivity index (χ0v) is 8.97. The summed E-state index contributed by atoms with van der Waals surface area (Å²) in [5.74, 6) is 0. The monoisotopic (exact) mass is 211 g/mol. The highest BCUT2D eigenvalue weighted by molar-refractivity contribution is 6.31. The molecule has 0 aromatic heterocycles. The number of rotatable bonds is 3. The molecule has 1 aromatic carbocycles. The molecule has 76 valence electrons. The molecule has 0 atom stereocenters. The smallest absolute Gasteiger partial charge is 0.0643 e. The molecule has 1 fully saturated rings. The molecule has 2 rings (SSSR count). The third-order valence-corrected chi connectivity index (χ3v) is 2.78. The molecule has 1 saturated heterocycles. The van der Waals surface area contributed by atoms with Gasteiger partial charge in [-0.2, -0.15) is 0 Å². The van der Waals surface area contributed by atoms with Crippen molar-refractivity contribution in [1.82, 2.24) is 5.32 Å². The standard InChI is InChI=1S/C11H14ClNO/c1-8-2-3-9(11(12)4-8)5-13-10-6-14-7-10/h2-4,10,13H,5-7H2,1H3. The molecule has 1 N–H and O–H groups in total. The Morgan fingerprint density at radius 3 is 2.86 bits per heavy atom. The van der Waals surface area contributed by atoms with Gasteiger partial charge < -0.3 is 10.1 Å². The zero-order chi connectivity index (χ0) is 9.97. The molecule has 0 saturated carbocycles. The van der Waals surface area contributed by atoms with Gasteiger partial charge in [0.1, 0.15) is 0 Å². The van der Waals surface area contributed by atoms with Crippen LogP contribution in [0, 0.1) is 6.92 Å². The van der Waals surface area contributed by atoms with Crippen molar-refractivity contribution < 1.29 is 4.74 Å². The SMILES string of the molecule is Cc1ccc(CNC2COC2)c(Cl)c1. The molecule has 0 radical (unpaired) electrons. The molecule has 0 spiro atoms. The summed E-state index contributed by atoms with van der Waals surface area (Å²) in [6.07, 6.45) is 0. The number of halogens is 1. The van der Waals surface area contributed by atoms with Crippen LogP contribution < -0.4 is 5.32 Å². The summed E-state index contributed by atoms with van der Waals surface area (Å²) in [6, 6.07) is 6.66. The van der Waals surface area contributed by atoms with Crippen LogP contribution in [0.4, 0.5) is 0 Å². The summed E-state index contributed by atoms with van der Waals surface area (Å²) in [5, 5.41) is 4.23. The van der Waals surface area contributed by atoms with E-state index in [1.807, 2.05) is 13.0 Å². The minimum absolute atomic E-state index is 0.507. The summed E-state index contributed by atoms with van der Waals surface area (Å²) in [5.41, 5.74) is 2.36. The van der Waals surface area contributed by atoms with Gasteiger partial charge in [-0.05, 0) is 24.1 Å². The van der Waals surface area contributed by atoms with Crippen molar-refractivity contribution in [3.63, 3.8) is 0 Å². The lowest BCUT2D eigenvalue weighted by molar-refractivity contribution is -0.00578. The van der Waals surface area contributed by atoms with Crippen LogP contribution in [0.25, 0.3) is 0 Å². The normalized spacial score (nSPS) is 16.7. The molecule has 0 aliphatic carbocycles. The molecule has 1 aromatic rings. The first kappa shape index (κ1) is 9.97. The Morgan fingerprint density at radius 2 is 2.29 bits per heavy atom. The van der Waals surface area contributed by atoms with E-state index in [4.69, 9.17) is 16.3 Å². The van der Waals surface area contributed by atoms with E-state index in [0.717, 1.165) is 30.3 Å². The predicted molar refractivity (Wildman–Crippen MR) is 57.6 cm³/mol. The Hall–Kier alpha value is -0.570. The molecule has 1 aliphatic rings. The first-order chi connectivity index (χ1) is 6.75. The molecular weight excluding hydrogens is 198 g/mol. The van der Waals surface area contributed by atoms with E-state index in [1.165, 1.54) is 5.56 Å². The third-order valence-electron chi connectivity index (χ3n) is 2.43. The van der Waals surface area contributed by atoms with Crippen LogP contribution in [0.1, 0.15) is 11.1 Å². The minimum atomic E-state index is 0.507. The first-order valence-corrected chi connectivity index (χ1v) is 5.19. The fraction of sp³-hybridized carbons (Fsp3) is 0.455. The van der Waals surface area contributed by atoms with E-state index < -0.39 is 0 Å². The quantitative estimate of drug-likeness (QED) is 0.827. The zero-order valence-electron chi connectivity index (χ0n) is 8.22. The van der Waals surface area contributed by atoms with E-state index in [-0.39, 0.29) is 0 Å². The third kappa shape index (κ3) is 2.27. The van der Waals surface area contributed by atoms with Crippen LogP contribution in [-0.4, -0.2) is 19.3 Å². The number of nitrogens with one attached hydrogen (secondary N) is 1. The van der Waals surface area contributed by atoms with Crippen LogP contribution >= 0.6 is 11.6 Å². The lowest BCUT2D eigenvalue weighted by Gasteiger charge is -2.27. The Bertz CT molecular complexity index is 323. The fourth-order valence-corrected chi connectivity index (χ4v) is 1.71. The summed E-state index contributed by atoms with van der Waals surface area (Å²) < 4.78 is 5.08. The van der Waals surface area contributed by atoms with Gasteiger partial charge in [0.05, 0.1) is 19.3 Å². The number of benzene rings is 1. The maximum atomic E-state index is 6.10. The summed E-state index contributed by atoms with van der Waals surface area (Å²) in [4.78, 5) is 0. The van der Waals surface area contributed by atoms with E-state index in [2.05, 4.69) is 17.4 Å². The highest BCUT2D eigenvalue weighted by Crippen LogP contribution is 2.17. The fourth-order valence-electron chi connectivity index (χ4n) is 1.40. The first-order valence-electron chi connectivity index (χ1n) is 4.82. The average molecular weight is 212 g/mol. The van der Waals surface area contributed by atoms with E-state index in [0.29, 0.717) is 6.04 Å². The van der Waals surface area contributed by atoms with Crippen molar-refractivity contribution in [2.24, 2.45) is 0 Å². The van der Waals surface area contributed by atoms with Gasteiger partial charge >= 0.3 is 0 Å². The number of hydrogen-bond donors (Lipinski definition) is 1. The van der Waals surface area contributed by atoms with Crippen molar-refractivity contribution >= 4 is 11.6 Å². The van der Waals surface area contributed by atoms with E-state index in [9.17, 15) is 0 Å². The molecular formula is C11H14ClNO. The maximum Gasteiger partial charge on any atom is 0.0643 e. The molecule has 0 bridgehead atoms. The van der Waals surface area contributed by atoms with Crippen LogP contribution in [0.2, 0.25) is 5.02 Å². The van der Waals surface area contributed by atoms with Gasteiger partial charge in [0.15, 0.2) is 0 Å². The topological polar surface area (TPSA) is 21.3 Å². The second-order valence-electron chi connectivity index (χ2n) is 3.71. The molecule has 1 aliphatic heterocycles. The molecule has 14 heavy (non-hydrogen) atoms. The van der Waals surface area contributed by atoms with Gasteiger partial charge in [-0.3, -0.25) is 0 Å². The molecule has 1 heterocycles. The van der Waals surface area contributed by atoms with Crippen LogP contribution in [0.5, 0.6) is 0 Å². The molecule has 2 nitrogen and oxygen atoms in total. The van der Waals surface area contributed by atoms with Gasteiger partial charge in [0.25, 0.3) is 0 Å². The Kier molecular flexibility index (Phi) is 3.06. The highest BCUT2D eigenvalue weighted by Gasteiger charge is 2.17. The average Bonchev–Trinajstić information content (AvgIpc) is 2.05. The lowest BCUT2D eigenvalue weighted by Crippen LogP contribution is -2.45. The molecule has 3 heteroatoms. The van der Waals surface area contributed by atoms with Gasteiger partial charge in [-0.25, -0.2) is 0 Å². The van der Waals surface area contributed by atoms with Gasteiger partial charge in [0.2, 0.25) is 0 Å². The summed E-state index contributed by atoms with van der Waals surface area (Å²) in [7, 11) is 0. The van der Waals surface area contributed by atoms with Crippen LogP contribution in [0.3, 0.4) is 0 Å². The highest BCUT2D eigenvalue weighted by atomic mass is 35.5. The Labute approximate surface area is 89.2 Å². The van der Waals surface area contributed by atoms with Crippen molar-refractivity contribution in [3.05, 3.63) is 34.3 Å². The lowest BCUT2D eigenvalue weighted by atomic mass is 10.1. The van der Waals surface area contributed by atoms with Crippen molar-refractivity contribution in [3.8, 4) is 0 Å². The van der Waals surface area contributed by atoms with Crippen LogP contribution in [0.15, 0.2) is 18.2 Å². The number of aryl methyl sites for hydroxylation is 1. The van der Waals surface area contributed by atoms with Gasteiger partial charge in [-0.15, -0.1) is 0 Å². The largest absolute Gasteiger partial charge is 0.378 e. The Balaban J connectivity index is 1.94. The number of ether oxygens (including phenoxy) is 1. The summed E-state index contributed by atoms with van der Waals surface area (Å²) in [6.45, 7) is 4.52. The van der Waals surface area contributed by atoms with E-state index >= 15 is 0 Å². The Morgan fingerprint density at radius 1 is 1.50 bits per heavy atom. The van der Waals surface area contributed by atoms with E-state index in [1.54, 1.807) is 0 Å². The van der Waals surface area contributed by atoms with Crippen LogP contribution in [-0.2, 0) is 11.3 Å². The predicted octanol–water partition coefficient (Wildman–Crippen LogP) is 2.14. The van der Waals surface area contributed by atoms with Gasteiger partial charge in [-0.1, -0.05) is 23.7 Å². The minimum Gasteiger partial charge on any atom is -0.378 e. The van der Waals surface area contributed by atoms with Crippen molar-refractivity contribution in [2.45, 2.75) is 19.5 Å². The molecule has 0 unspecified atom stereocenters. The van der Waals surface area contributed by atoms with Crippen molar-refractivity contribution in [1.29, 1.82) is 0 Å².